The van der Waals surface area contributed by atoms with Crippen molar-refractivity contribution in [2.45, 2.75) is 30.8 Å². The first-order valence-corrected chi connectivity index (χ1v) is 10.8. The van der Waals surface area contributed by atoms with E-state index >= 15 is 0 Å². The Labute approximate surface area is 173 Å². The molecule has 1 fully saturated rings. The lowest BCUT2D eigenvalue weighted by atomic mass is 10.2. The van der Waals surface area contributed by atoms with Gasteiger partial charge in [-0.2, -0.15) is 18.2 Å². The maximum atomic E-state index is 12.8. The van der Waals surface area contributed by atoms with Crippen LogP contribution in [0.4, 0.5) is 8.78 Å². The number of nitrogens with one attached hydrogen (secondary N) is 1. The number of carbonyl (C=O) groups excluding carboxylic acids is 1. The Hall–Kier alpha value is -2.85. The fourth-order valence-electron chi connectivity index (χ4n) is 3.02. The zero-order valence-electron chi connectivity index (χ0n) is 16.0. The minimum atomic E-state index is -3.64. The topological polar surface area (TPSA) is 88.1 Å². The summed E-state index contributed by atoms with van der Waals surface area (Å²) >= 11 is 0. The van der Waals surface area contributed by atoms with Gasteiger partial charge in [-0.05, 0) is 60.9 Å². The Morgan fingerprint density at radius 2 is 1.80 bits per heavy atom. The molecule has 10 heteroatoms. The average Bonchev–Trinajstić information content (AvgIpc) is 2.75. The van der Waals surface area contributed by atoms with E-state index in [2.05, 4.69) is 15.3 Å². The zero-order chi connectivity index (χ0) is 21.6. The summed E-state index contributed by atoms with van der Waals surface area (Å²) in [5.74, 6) is -0.558. The summed E-state index contributed by atoms with van der Waals surface area (Å²) in [5.41, 5.74) is 3.04. The van der Waals surface area contributed by atoms with E-state index in [4.69, 9.17) is 0 Å². The van der Waals surface area contributed by atoms with Crippen LogP contribution in [0.15, 0.2) is 58.5 Å². The van der Waals surface area contributed by atoms with Gasteiger partial charge < -0.3 is 4.74 Å². The largest absolute Gasteiger partial charge is 0.435 e. The second kappa shape index (κ2) is 9.77. The van der Waals surface area contributed by atoms with Crippen LogP contribution in [0.1, 0.15) is 35.2 Å². The van der Waals surface area contributed by atoms with E-state index in [1.807, 2.05) is 0 Å². The van der Waals surface area contributed by atoms with Crippen molar-refractivity contribution in [2.24, 2.45) is 5.10 Å². The van der Waals surface area contributed by atoms with Crippen LogP contribution in [-0.4, -0.2) is 44.5 Å². The van der Waals surface area contributed by atoms with Crippen LogP contribution in [0.5, 0.6) is 5.75 Å². The molecular weight excluding hydrogens is 416 g/mol. The lowest BCUT2D eigenvalue weighted by Gasteiger charge is -2.25. The Kier molecular flexibility index (Phi) is 7.11. The molecule has 0 atom stereocenters. The summed E-state index contributed by atoms with van der Waals surface area (Å²) in [6.45, 7) is -1.95. The summed E-state index contributed by atoms with van der Waals surface area (Å²) in [6, 6.07) is 11.5. The summed E-state index contributed by atoms with van der Waals surface area (Å²) in [5, 5.41) is 3.82. The van der Waals surface area contributed by atoms with Gasteiger partial charge in [0.05, 0.1) is 11.1 Å². The summed E-state index contributed by atoms with van der Waals surface area (Å²) in [7, 11) is -3.64. The van der Waals surface area contributed by atoms with Crippen LogP contribution in [-0.2, 0) is 10.0 Å². The smallest absolute Gasteiger partial charge is 0.387 e. The number of carbonyl (C=O) groups is 1. The van der Waals surface area contributed by atoms with Crippen LogP contribution >= 0.6 is 0 Å². The molecule has 3 rings (SSSR count). The first kappa shape index (κ1) is 21.8. The minimum Gasteiger partial charge on any atom is -0.435 e. The number of rotatable bonds is 7. The molecule has 1 amide bonds. The molecule has 1 aliphatic rings. The highest BCUT2D eigenvalue weighted by atomic mass is 32.2. The molecule has 1 N–H and O–H groups in total. The molecule has 1 aliphatic heterocycles. The quantitative estimate of drug-likeness (QED) is 0.532. The molecule has 0 saturated carbocycles. The fraction of sp³-hybridized carbons (Fsp3) is 0.300. The average molecular weight is 437 g/mol. The van der Waals surface area contributed by atoms with Crippen molar-refractivity contribution in [3.8, 4) is 5.75 Å². The number of alkyl halides is 2. The number of hydrogen-bond acceptors (Lipinski definition) is 5. The van der Waals surface area contributed by atoms with Gasteiger partial charge in [0.25, 0.3) is 5.91 Å². The van der Waals surface area contributed by atoms with Gasteiger partial charge in [0.15, 0.2) is 0 Å². The van der Waals surface area contributed by atoms with Crippen molar-refractivity contribution in [3.05, 3.63) is 59.7 Å². The normalized spacial score (nSPS) is 15.4. The Balaban J connectivity index is 1.64. The summed E-state index contributed by atoms with van der Waals surface area (Å²) in [6.07, 6.45) is 3.99. The van der Waals surface area contributed by atoms with Crippen molar-refractivity contribution in [3.63, 3.8) is 0 Å². The maximum absolute atomic E-state index is 12.8. The molecule has 0 bridgehead atoms. The SMILES string of the molecule is O=C(NN=Cc1ccc(OC(F)F)cc1)c1cccc(S(=O)(=O)N2CCCCC2)c1. The van der Waals surface area contributed by atoms with E-state index < -0.39 is 22.5 Å². The van der Waals surface area contributed by atoms with Crippen molar-refractivity contribution in [2.75, 3.05) is 13.1 Å². The first-order chi connectivity index (χ1) is 14.4. The lowest BCUT2D eigenvalue weighted by molar-refractivity contribution is -0.0498. The molecule has 1 heterocycles. The molecular formula is C20H21F2N3O4S. The number of piperidine rings is 1. The predicted octanol–water partition coefficient (Wildman–Crippen LogP) is 3.23. The van der Waals surface area contributed by atoms with Gasteiger partial charge in [-0.15, -0.1) is 0 Å². The number of nitrogens with zero attached hydrogens (tertiary/aromatic N) is 2. The maximum Gasteiger partial charge on any atom is 0.387 e. The molecule has 0 spiro atoms. The van der Waals surface area contributed by atoms with Crippen molar-refractivity contribution in [1.29, 1.82) is 0 Å². The first-order valence-electron chi connectivity index (χ1n) is 9.35. The molecule has 7 nitrogen and oxygen atoms in total. The number of hydrogen-bond donors (Lipinski definition) is 1. The second-order valence-electron chi connectivity index (χ2n) is 6.64. The van der Waals surface area contributed by atoms with Crippen LogP contribution in [0, 0.1) is 0 Å². The monoisotopic (exact) mass is 437 g/mol. The number of hydrazone groups is 1. The van der Waals surface area contributed by atoms with E-state index in [0.29, 0.717) is 18.7 Å². The standard InChI is InChI=1S/C20H21F2N3O4S/c21-20(22)29-17-9-7-15(8-10-17)14-23-24-19(26)16-5-4-6-18(13-16)30(27,28)25-11-2-1-3-12-25/h4-10,13-14,20H,1-3,11-12H2,(H,24,26). The molecule has 160 valence electrons. The number of sulfonamides is 1. The molecule has 0 aromatic heterocycles. The molecule has 1 saturated heterocycles. The molecule has 0 unspecified atom stereocenters. The van der Waals surface area contributed by atoms with Crippen LogP contribution in [0.3, 0.4) is 0 Å². The van der Waals surface area contributed by atoms with Crippen LogP contribution in [0.25, 0.3) is 0 Å². The number of halogens is 2. The van der Waals surface area contributed by atoms with E-state index in [1.165, 1.54) is 59.1 Å². The Morgan fingerprint density at radius 1 is 1.10 bits per heavy atom. The van der Waals surface area contributed by atoms with Crippen molar-refractivity contribution >= 4 is 22.1 Å². The number of benzene rings is 2. The van der Waals surface area contributed by atoms with Gasteiger partial charge in [-0.3, -0.25) is 4.79 Å². The molecule has 30 heavy (non-hydrogen) atoms. The number of amides is 1. The highest BCUT2D eigenvalue weighted by Crippen LogP contribution is 2.21. The highest BCUT2D eigenvalue weighted by molar-refractivity contribution is 7.89. The third-order valence-corrected chi connectivity index (χ3v) is 6.43. The van der Waals surface area contributed by atoms with Gasteiger partial charge in [0.1, 0.15) is 5.75 Å². The Bertz CT molecular complexity index is 1000. The van der Waals surface area contributed by atoms with Gasteiger partial charge in [0.2, 0.25) is 10.0 Å². The summed E-state index contributed by atoms with van der Waals surface area (Å²) in [4.78, 5) is 12.4. The highest BCUT2D eigenvalue weighted by Gasteiger charge is 2.26. The predicted molar refractivity (Wildman–Crippen MR) is 107 cm³/mol. The fourth-order valence-corrected chi connectivity index (χ4v) is 4.58. The van der Waals surface area contributed by atoms with E-state index in [1.54, 1.807) is 0 Å². The number of ether oxygens (including phenoxy) is 1. The zero-order valence-corrected chi connectivity index (χ0v) is 16.8. The molecule has 2 aromatic rings. The second-order valence-corrected chi connectivity index (χ2v) is 8.58. The third-order valence-electron chi connectivity index (χ3n) is 4.53. The summed E-state index contributed by atoms with van der Waals surface area (Å²) < 4.78 is 55.5. The lowest BCUT2D eigenvalue weighted by Crippen LogP contribution is -2.35. The van der Waals surface area contributed by atoms with Crippen LogP contribution < -0.4 is 10.2 Å². The molecule has 0 aliphatic carbocycles. The van der Waals surface area contributed by atoms with Crippen molar-refractivity contribution < 1.29 is 26.7 Å². The third kappa shape index (κ3) is 5.61. The van der Waals surface area contributed by atoms with E-state index in [-0.39, 0.29) is 16.2 Å². The molecule has 2 aromatic carbocycles. The van der Waals surface area contributed by atoms with Gasteiger partial charge in [-0.1, -0.05) is 12.5 Å². The van der Waals surface area contributed by atoms with E-state index in [0.717, 1.165) is 19.3 Å². The van der Waals surface area contributed by atoms with Crippen LogP contribution in [0.2, 0.25) is 0 Å². The van der Waals surface area contributed by atoms with Gasteiger partial charge >= 0.3 is 6.61 Å². The van der Waals surface area contributed by atoms with Gasteiger partial charge in [-0.25, -0.2) is 13.8 Å². The Morgan fingerprint density at radius 3 is 2.47 bits per heavy atom. The van der Waals surface area contributed by atoms with E-state index in [9.17, 15) is 22.0 Å². The molecule has 0 radical (unpaired) electrons. The van der Waals surface area contributed by atoms with Crippen molar-refractivity contribution in [1.82, 2.24) is 9.73 Å². The minimum absolute atomic E-state index is 0.0120. The van der Waals surface area contributed by atoms with Gasteiger partial charge in [0, 0.05) is 18.7 Å².